The quantitative estimate of drug-likeness (QED) is 0.607. The van der Waals surface area contributed by atoms with Gasteiger partial charge in [0.2, 0.25) is 0 Å². The Bertz CT molecular complexity index is 105. The molecule has 1 heteroatoms. The van der Waals surface area contributed by atoms with Crippen molar-refractivity contribution in [3.8, 4) is 0 Å². The van der Waals surface area contributed by atoms with Gasteiger partial charge in [-0.2, -0.15) is 0 Å². The van der Waals surface area contributed by atoms with Gasteiger partial charge < -0.3 is 5.73 Å². The Balaban J connectivity index is 3.69. The average Bonchev–Trinajstić information content (AvgIpc) is 1.87. The molecule has 0 bridgehead atoms. The van der Waals surface area contributed by atoms with Crippen LogP contribution in [-0.4, -0.2) is 6.54 Å². The monoisotopic (exact) mass is 155 g/mol. The Morgan fingerprint density at radius 2 is 2.00 bits per heavy atom. The first kappa shape index (κ1) is 10.7. The molecule has 0 aromatic rings. The molecule has 0 rings (SSSR count). The van der Waals surface area contributed by atoms with Gasteiger partial charge >= 0.3 is 0 Å². The van der Waals surface area contributed by atoms with E-state index in [0.29, 0.717) is 5.92 Å². The normalized spacial score (nSPS) is 14.6. The zero-order valence-corrected chi connectivity index (χ0v) is 8.01. The van der Waals surface area contributed by atoms with E-state index >= 15 is 0 Å². The van der Waals surface area contributed by atoms with Crippen molar-refractivity contribution < 1.29 is 0 Å². The third-order valence-corrected chi connectivity index (χ3v) is 1.78. The molecule has 0 spiro atoms. The lowest BCUT2D eigenvalue weighted by Crippen LogP contribution is -2.08. The minimum atomic E-state index is 0.699. The van der Waals surface area contributed by atoms with Crippen LogP contribution < -0.4 is 5.73 Å². The fourth-order valence-corrected chi connectivity index (χ4v) is 1.38. The zero-order valence-electron chi connectivity index (χ0n) is 8.01. The van der Waals surface area contributed by atoms with Crippen LogP contribution >= 0.6 is 0 Å². The van der Waals surface area contributed by atoms with Crippen molar-refractivity contribution in [3.05, 3.63) is 12.2 Å². The number of allylic oxidation sites excluding steroid dienone is 2. The maximum absolute atomic E-state index is 5.50. The fourth-order valence-electron chi connectivity index (χ4n) is 1.38. The molecular formula is C10H21N. The largest absolute Gasteiger partial charge is 0.330 e. The van der Waals surface area contributed by atoms with Gasteiger partial charge in [0, 0.05) is 0 Å². The third-order valence-electron chi connectivity index (χ3n) is 1.78. The Morgan fingerprint density at radius 3 is 2.36 bits per heavy atom. The molecule has 1 unspecified atom stereocenters. The summed E-state index contributed by atoms with van der Waals surface area (Å²) in [6.45, 7) is 7.39. The highest BCUT2D eigenvalue weighted by atomic mass is 14.5. The van der Waals surface area contributed by atoms with Crippen molar-refractivity contribution in [2.45, 2.75) is 33.6 Å². The summed E-state index contributed by atoms with van der Waals surface area (Å²) in [5, 5.41) is 0. The van der Waals surface area contributed by atoms with Gasteiger partial charge in [0.1, 0.15) is 0 Å². The number of rotatable bonds is 5. The molecule has 0 radical (unpaired) electrons. The number of hydrogen-bond acceptors (Lipinski definition) is 1. The van der Waals surface area contributed by atoms with Crippen LogP contribution in [-0.2, 0) is 0 Å². The molecule has 0 saturated carbocycles. The van der Waals surface area contributed by atoms with E-state index in [1.54, 1.807) is 0 Å². The van der Waals surface area contributed by atoms with Crippen LogP contribution in [0.5, 0.6) is 0 Å². The van der Waals surface area contributed by atoms with Crippen LogP contribution in [0.25, 0.3) is 0 Å². The molecule has 0 aliphatic heterocycles. The second-order valence-electron chi connectivity index (χ2n) is 3.49. The summed E-state index contributed by atoms with van der Waals surface area (Å²) >= 11 is 0. The van der Waals surface area contributed by atoms with E-state index in [2.05, 4.69) is 32.9 Å². The molecule has 11 heavy (non-hydrogen) atoms. The smallest absolute Gasteiger partial charge is 0.00717 e. The molecule has 0 aliphatic rings. The van der Waals surface area contributed by atoms with Crippen LogP contribution in [0, 0.1) is 11.8 Å². The highest BCUT2D eigenvalue weighted by Gasteiger charge is 2.05. The van der Waals surface area contributed by atoms with E-state index in [1.165, 1.54) is 6.42 Å². The van der Waals surface area contributed by atoms with Crippen LogP contribution in [0.1, 0.15) is 33.6 Å². The first-order valence-electron chi connectivity index (χ1n) is 4.53. The van der Waals surface area contributed by atoms with Gasteiger partial charge in [-0.3, -0.25) is 0 Å². The van der Waals surface area contributed by atoms with Crippen LogP contribution in [0.4, 0.5) is 0 Å². The van der Waals surface area contributed by atoms with Crippen LogP contribution in [0.3, 0.4) is 0 Å². The highest BCUT2D eigenvalue weighted by Crippen LogP contribution is 2.15. The van der Waals surface area contributed by atoms with Gasteiger partial charge in [0.05, 0.1) is 0 Å². The van der Waals surface area contributed by atoms with Gasteiger partial charge in [-0.25, -0.2) is 0 Å². The first-order chi connectivity index (χ1) is 5.20. The Kier molecular flexibility index (Phi) is 6.24. The lowest BCUT2D eigenvalue weighted by atomic mass is 9.94. The molecule has 2 N–H and O–H groups in total. The molecule has 0 heterocycles. The number of nitrogens with two attached hydrogens (primary N) is 1. The van der Waals surface area contributed by atoms with E-state index in [-0.39, 0.29) is 0 Å². The maximum atomic E-state index is 5.50. The molecule has 0 amide bonds. The molecule has 1 atom stereocenters. The molecule has 1 nitrogen and oxygen atoms in total. The van der Waals surface area contributed by atoms with Gasteiger partial charge in [0.25, 0.3) is 0 Å². The van der Waals surface area contributed by atoms with Gasteiger partial charge in [-0.05, 0) is 38.1 Å². The van der Waals surface area contributed by atoms with Gasteiger partial charge in [-0.1, -0.05) is 26.0 Å². The van der Waals surface area contributed by atoms with E-state index in [1.807, 2.05) is 0 Å². The van der Waals surface area contributed by atoms with Crippen molar-refractivity contribution in [2.75, 3.05) is 6.54 Å². The van der Waals surface area contributed by atoms with Crippen molar-refractivity contribution in [1.29, 1.82) is 0 Å². The van der Waals surface area contributed by atoms with E-state index < -0.39 is 0 Å². The Hall–Kier alpha value is -0.300. The van der Waals surface area contributed by atoms with E-state index in [9.17, 15) is 0 Å². The van der Waals surface area contributed by atoms with Crippen molar-refractivity contribution in [1.82, 2.24) is 0 Å². The standard InChI is InChI=1S/C10H21N/c1-4-5-10(6-7-11)8-9(2)3/h4-5,9-10H,6-8,11H2,1-3H3/b5-4-. The summed E-state index contributed by atoms with van der Waals surface area (Å²) in [6, 6.07) is 0. The highest BCUT2D eigenvalue weighted by molar-refractivity contribution is 4.86. The minimum absolute atomic E-state index is 0.699. The van der Waals surface area contributed by atoms with Crippen molar-refractivity contribution in [3.63, 3.8) is 0 Å². The lowest BCUT2D eigenvalue weighted by molar-refractivity contribution is 0.456. The summed E-state index contributed by atoms with van der Waals surface area (Å²) in [6.07, 6.45) is 6.79. The second-order valence-corrected chi connectivity index (χ2v) is 3.49. The van der Waals surface area contributed by atoms with Gasteiger partial charge in [-0.15, -0.1) is 0 Å². The molecule has 0 aliphatic carbocycles. The predicted molar refractivity (Wildman–Crippen MR) is 51.4 cm³/mol. The zero-order chi connectivity index (χ0) is 8.69. The summed E-state index contributed by atoms with van der Waals surface area (Å²) < 4.78 is 0. The van der Waals surface area contributed by atoms with E-state index in [0.717, 1.165) is 18.9 Å². The molecule has 0 aromatic heterocycles. The van der Waals surface area contributed by atoms with Crippen molar-refractivity contribution >= 4 is 0 Å². The summed E-state index contributed by atoms with van der Waals surface area (Å²) in [5.74, 6) is 1.48. The summed E-state index contributed by atoms with van der Waals surface area (Å²) in [4.78, 5) is 0. The predicted octanol–water partition coefficient (Wildman–Crippen LogP) is 2.57. The second kappa shape index (κ2) is 6.41. The summed E-state index contributed by atoms with van der Waals surface area (Å²) in [7, 11) is 0. The Morgan fingerprint density at radius 1 is 1.36 bits per heavy atom. The molecular weight excluding hydrogens is 134 g/mol. The number of hydrogen-bond donors (Lipinski definition) is 1. The van der Waals surface area contributed by atoms with E-state index in [4.69, 9.17) is 5.73 Å². The maximum Gasteiger partial charge on any atom is -0.00717 e. The van der Waals surface area contributed by atoms with Crippen LogP contribution in [0.15, 0.2) is 12.2 Å². The molecule has 0 aromatic carbocycles. The summed E-state index contributed by atoms with van der Waals surface area (Å²) in [5.41, 5.74) is 5.50. The molecule has 0 fully saturated rings. The minimum Gasteiger partial charge on any atom is -0.330 e. The Labute approximate surface area is 70.7 Å². The average molecular weight is 155 g/mol. The molecule has 66 valence electrons. The van der Waals surface area contributed by atoms with Crippen LogP contribution in [0.2, 0.25) is 0 Å². The third kappa shape index (κ3) is 6.11. The van der Waals surface area contributed by atoms with Gasteiger partial charge in [0.15, 0.2) is 0 Å². The molecule has 0 saturated heterocycles. The SMILES string of the molecule is C/C=C\C(CCN)CC(C)C. The lowest BCUT2D eigenvalue weighted by Gasteiger charge is -2.13. The van der Waals surface area contributed by atoms with Crippen molar-refractivity contribution in [2.24, 2.45) is 17.6 Å². The fraction of sp³-hybridized carbons (Fsp3) is 0.800. The first-order valence-corrected chi connectivity index (χ1v) is 4.53. The topological polar surface area (TPSA) is 26.0 Å².